The fourth-order valence-corrected chi connectivity index (χ4v) is 1.46. The maximum Gasteiger partial charge on any atom is 0.275 e. The summed E-state index contributed by atoms with van der Waals surface area (Å²) in [5.74, 6) is 0.127. The van der Waals surface area contributed by atoms with Crippen molar-refractivity contribution in [2.75, 3.05) is 0 Å². The van der Waals surface area contributed by atoms with Gasteiger partial charge < -0.3 is 9.84 Å². The lowest BCUT2D eigenvalue weighted by Gasteiger charge is -2.22. The third kappa shape index (κ3) is 2.76. The molecule has 0 aliphatic heterocycles. The van der Waals surface area contributed by atoms with Crippen LogP contribution in [0.2, 0.25) is 0 Å². The monoisotopic (exact) mass is 170 g/mol. The van der Waals surface area contributed by atoms with Gasteiger partial charge in [-0.3, -0.25) is 0 Å². The van der Waals surface area contributed by atoms with Gasteiger partial charge in [-0.25, -0.2) is 0 Å². The van der Waals surface area contributed by atoms with Gasteiger partial charge >= 0.3 is 0 Å². The highest BCUT2D eigenvalue weighted by atomic mass is 16.6. The molecule has 0 aromatic carbocycles. The van der Waals surface area contributed by atoms with Crippen LogP contribution in [0.5, 0.6) is 0 Å². The average molecular weight is 170 g/mol. The highest BCUT2D eigenvalue weighted by Crippen LogP contribution is 2.22. The molecule has 0 saturated heterocycles. The molecule has 0 spiro atoms. The molecule has 12 heavy (non-hydrogen) atoms. The van der Waals surface area contributed by atoms with Crippen molar-refractivity contribution >= 4 is 0 Å². The summed E-state index contributed by atoms with van der Waals surface area (Å²) >= 11 is 0. The van der Waals surface area contributed by atoms with Crippen LogP contribution in [0.25, 0.3) is 0 Å². The van der Waals surface area contributed by atoms with Crippen LogP contribution in [-0.4, -0.2) is 11.2 Å². The largest absolute Gasteiger partial charge is 0.481 e. The van der Waals surface area contributed by atoms with Gasteiger partial charge in [-0.15, -0.1) is 0 Å². The molecular formula is C10H18O2. The maximum absolute atomic E-state index is 9.34. The Balaban J connectivity index is 2.34. The Hall–Kier alpha value is -0.660. The van der Waals surface area contributed by atoms with Gasteiger partial charge in [-0.05, 0) is 39.5 Å². The van der Waals surface area contributed by atoms with E-state index in [0.717, 1.165) is 18.4 Å². The van der Waals surface area contributed by atoms with Gasteiger partial charge in [0.2, 0.25) is 0 Å². The number of hydrogen-bond acceptors (Lipinski definition) is 2. The summed E-state index contributed by atoms with van der Waals surface area (Å²) in [6, 6.07) is 0. The van der Waals surface area contributed by atoms with Crippen molar-refractivity contribution in [2.24, 2.45) is 0 Å². The molecule has 0 bridgehead atoms. The zero-order valence-corrected chi connectivity index (χ0v) is 7.97. The third-order valence-corrected chi connectivity index (χ3v) is 2.26. The van der Waals surface area contributed by atoms with E-state index in [1.54, 1.807) is 0 Å². The van der Waals surface area contributed by atoms with Crippen LogP contribution < -0.4 is 0 Å². The lowest BCUT2D eigenvalue weighted by atomic mass is 9.98. The Kier molecular flexibility index (Phi) is 3.45. The second kappa shape index (κ2) is 4.39. The number of ether oxygens (including phenoxy) is 1. The van der Waals surface area contributed by atoms with Crippen molar-refractivity contribution in [3.8, 4) is 0 Å². The van der Waals surface area contributed by atoms with Gasteiger partial charge in [0.1, 0.15) is 6.10 Å². The molecule has 2 heteroatoms. The summed E-state index contributed by atoms with van der Waals surface area (Å²) < 4.78 is 5.39. The molecule has 1 N–H and O–H groups in total. The summed E-state index contributed by atoms with van der Waals surface area (Å²) in [7, 11) is 0. The first kappa shape index (κ1) is 9.43. The van der Waals surface area contributed by atoms with Crippen LogP contribution in [0.15, 0.2) is 11.5 Å². The van der Waals surface area contributed by atoms with Crippen molar-refractivity contribution < 1.29 is 9.84 Å². The Bertz CT molecular complexity index is 163. The van der Waals surface area contributed by atoms with Gasteiger partial charge in [0, 0.05) is 5.57 Å². The Labute approximate surface area is 74.2 Å². The molecule has 0 heterocycles. The van der Waals surface area contributed by atoms with Gasteiger partial charge in [-0.2, -0.15) is 0 Å². The highest BCUT2D eigenvalue weighted by molar-refractivity contribution is 4.94. The predicted molar refractivity (Wildman–Crippen MR) is 49.0 cm³/mol. The Morgan fingerprint density at radius 1 is 1.17 bits per heavy atom. The van der Waals surface area contributed by atoms with Crippen molar-refractivity contribution in [1.29, 1.82) is 0 Å². The molecule has 0 atom stereocenters. The molecule has 0 radical (unpaired) electrons. The number of hydrogen-bond donors (Lipinski definition) is 1. The zero-order chi connectivity index (χ0) is 8.97. The second-order valence-corrected chi connectivity index (χ2v) is 3.68. The SMILES string of the molecule is CC(C)=C(O)OC1CCCCC1. The van der Waals surface area contributed by atoms with E-state index in [1.165, 1.54) is 19.3 Å². The van der Waals surface area contributed by atoms with E-state index in [0.29, 0.717) is 0 Å². The van der Waals surface area contributed by atoms with E-state index in [2.05, 4.69) is 0 Å². The molecule has 1 aliphatic carbocycles. The number of aliphatic hydroxyl groups is 1. The van der Waals surface area contributed by atoms with E-state index >= 15 is 0 Å². The van der Waals surface area contributed by atoms with Crippen LogP contribution >= 0.6 is 0 Å². The fourth-order valence-electron chi connectivity index (χ4n) is 1.46. The lowest BCUT2D eigenvalue weighted by molar-refractivity contribution is 0.00993. The van der Waals surface area contributed by atoms with E-state index in [1.807, 2.05) is 13.8 Å². The summed E-state index contributed by atoms with van der Waals surface area (Å²) in [6.07, 6.45) is 6.24. The van der Waals surface area contributed by atoms with Crippen molar-refractivity contribution in [2.45, 2.75) is 52.1 Å². The minimum absolute atomic E-state index is 0.127. The van der Waals surface area contributed by atoms with Crippen LogP contribution in [0.1, 0.15) is 46.0 Å². The predicted octanol–water partition coefficient (Wildman–Crippen LogP) is 3.15. The first-order valence-corrected chi connectivity index (χ1v) is 4.73. The van der Waals surface area contributed by atoms with Gasteiger partial charge in [0.25, 0.3) is 5.95 Å². The average Bonchev–Trinajstić information content (AvgIpc) is 2.06. The number of aliphatic hydroxyl groups excluding tert-OH is 1. The summed E-state index contributed by atoms with van der Waals surface area (Å²) in [5.41, 5.74) is 0.862. The van der Waals surface area contributed by atoms with Crippen molar-refractivity contribution in [3.05, 3.63) is 11.5 Å². The third-order valence-electron chi connectivity index (χ3n) is 2.26. The first-order valence-electron chi connectivity index (χ1n) is 4.73. The zero-order valence-electron chi connectivity index (χ0n) is 7.97. The first-order chi connectivity index (χ1) is 5.70. The Morgan fingerprint density at radius 3 is 2.25 bits per heavy atom. The fraction of sp³-hybridized carbons (Fsp3) is 0.800. The molecule has 0 unspecified atom stereocenters. The van der Waals surface area contributed by atoms with Crippen LogP contribution in [0, 0.1) is 0 Å². The highest BCUT2D eigenvalue weighted by Gasteiger charge is 2.15. The lowest BCUT2D eigenvalue weighted by Crippen LogP contribution is -2.16. The summed E-state index contributed by atoms with van der Waals surface area (Å²) in [6.45, 7) is 3.72. The van der Waals surface area contributed by atoms with Gasteiger partial charge in [0.05, 0.1) is 0 Å². The van der Waals surface area contributed by atoms with Crippen LogP contribution in [-0.2, 0) is 4.74 Å². The smallest absolute Gasteiger partial charge is 0.275 e. The second-order valence-electron chi connectivity index (χ2n) is 3.68. The molecule has 1 aliphatic rings. The van der Waals surface area contributed by atoms with Gasteiger partial charge in [-0.1, -0.05) is 6.42 Å². The quantitative estimate of drug-likeness (QED) is 0.645. The standard InChI is InChI=1S/C10H18O2/c1-8(2)10(11)12-9-6-4-3-5-7-9/h9,11H,3-7H2,1-2H3. The van der Waals surface area contributed by atoms with Crippen molar-refractivity contribution in [3.63, 3.8) is 0 Å². The molecule has 1 saturated carbocycles. The minimum Gasteiger partial charge on any atom is -0.481 e. The summed E-state index contributed by atoms with van der Waals surface area (Å²) in [4.78, 5) is 0. The number of rotatable bonds is 2. The molecule has 0 aromatic heterocycles. The maximum atomic E-state index is 9.34. The summed E-state index contributed by atoms with van der Waals surface area (Å²) in [5, 5.41) is 9.34. The van der Waals surface area contributed by atoms with E-state index in [9.17, 15) is 5.11 Å². The molecule has 1 fully saturated rings. The molecule has 70 valence electrons. The minimum atomic E-state index is 0.127. The van der Waals surface area contributed by atoms with E-state index in [4.69, 9.17) is 4.74 Å². The normalized spacial score (nSPS) is 18.8. The molecule has 2 nitrogen and oxygen atoms in total. The molecular weight excluding hydrogens is 152 g/mol. The van der Waals surface area contributed by atoms with E-state index in [-0.39, 0.29) is 12.0 Å². The topological polar surface area (TPSA) is 29.5 Å². The van der Waals surface area contributed by atoms with Gasteiger partial charge in [0.15, 0.2) is 0 Å². The van der Waals surface area contributed by atoms with Crippen molar-refractivity contribution in [1.82, 2.24) is 0 Å². The molecule has 1 rings (SSSR count). The van der Waals surface area contributed by atoms with Crippen LogP contribution in [0.4, 0.5) is 0 Å². The van der Waals surface area contributed by atoms with Crippen LogP contribution in [0.3, 0.4) is 0 Å². The Morgan fingerprint density at radius 2 is 1.75 bits per heavy atom. The number of allylic oxidation sites excluding steroid dienone is 1. The molecule has 0 amide bonds. The van der Waals surface area contributed by atoms with E-state index < -0.39 is 0 Å². The molecule has 0 aromatic rings.